The molecule has 1 aromatic carbocycles. The first kappa shape index (κ1) is 15.1. The summed E-state index contributed by atoms with van der Waals surface area (Å²) in [4.78, 5) is 12.7. The van der Waals surface area contributed by atoms with Crippen LogP contribution in [0, 0.1) is 0 Å². The van der Waals surface area contributed by atoms with E-state index in [2.05, 4.69) is 39.2 Å². The third kappa shape index (κ3) is 2.47. The lowest BCUT2D eigenvalue weighted by Crippen LogP contribution is -2.04. The predicted octanol–water partition coefficient (Wildman–Crippen LogP) is 4.60. The van der Waals surface area contributed by atoms with Crippen LogP contribution in [0.4, 0.5) is 0 Å². The zero-order valence-electron chi connectivity index (χ0n) is 15.1. The second-order valence-corrected chi connectivity index (χ2v) is 8.03. The van der Waals surface area contributed by atoms with Crippen molar-refractivity contribution in [2.24, 2.45) is 0 Å². The molecule has 0 atom stereocenters. The zero-order valence-corrected chi connectivity index (χ0v) is 15.1. The number of aromatic amines is 1. The van der Waals surface area contributed by atoms with E-state index in [0.717, 1.165) is 52.2 Å². The topological polar surface area (TPSA) is 80.5 Å². The van der Waals surface area contributed by atoms with E-state index in [0.29, 0.717) is 11.8 Å². The molecule has 134 valence electrons. The van der Waals surface area contributed by atoms with Crippen molar-refractivity contribution in [3.05, 3.63) is 48.4 Å². The average Bonchev–Trinajstić information content (AvgIpc) is 3.59. The number of hydrogen-bond donors (Lipinski definition) is 1. The van der Waals surface area contributed by atoms with Crippen LogP contribution in [0.1, 0.15) is 50.1 Å². The van der Waals surface area contributed by atoms with Gasteiger partial charge < -0.3 is 9.40 Å². The summed E-state index contributed by atoms with van der Waals surface area (Å²) in [5.74, 6) is 1.80. The van der Waals surface area contributed by atoms with Gasteiger partial charge in [-0.15, -0.1) is 10.2 Å². The van der Waals surface area contributed by atoms with Crippen molar-refractivity contribution >= 4 is 10.9 Å². The Balaban J connectivity index is 1.44. The average molecular weight is 357 g/mol. The lowest BCUT2D eigenvalue weighted by Gasteiger charge is -2.08. The van der Waals surface area contributed by atoms with Gasteiger partial charge in [-0.1, -0.05) is 6.92 Å². The van der Waals surface area contributed by atoms with Gasteiger partial charge in [0.05, 0.1) is 17.6 Å². The molecule has 0 unspecified atom stereocenters. The Hall–Kier alpha value is -3.02. The first-order valence-electron chi connectivity index (χ1n) is 9.47. The van der Waals surface area contributed by atoms with Crippen LogP contribution in [-0.4, -0.2) is 25.1 Å². The highest BCUT2D eigenvalue weighted by molar-refractivity contribution is 5.96. The molecule has 1 N–H and O–H groups in total. The second kappa shape index (κ2) is 5.25. The van der Waals surface area contributed by atoms with Crippen molar-refractivity contribution in [2.45, 2.75) is 43.9 Å². The molecule has 27 heavy (non-hydrogen) atoms. The quantitative estimate of drug-likeness (QED) is 0.577. The number of H-pyrrole nitrogens is 1. The largest absolute Gasteiger partial charge is 0.420 e. The van der Waals surface area contributed by atoms with Gasteiger partial charge in [-0.3, -0.25) is 4.98 Å². The predicted molar refractivity (Wildman–Crippen MR) is 101 cm³/mol. The molecule has 6 heteroatoms. The van der Waals surface area contributed by atoms with Gasteiger partial charge in [0, 0.05) is 45.8 Å². The summed E-state index contributed by atoms with van der Waals surface area (Å²) >= 11 is 0. The molecular weight excluding hydrogens is 338 g/mol. The van der Waals surface area contributed by atoms with Crippen LogP contribution in [0.3, 0.4) is 0 Å². The molecule has 0 aliphatic heterocycles. The van der Waals surface area contributed by atoms with Crippen LogP contribution in [-0.2, 0) is 5.41 Å². The van der Waals surface area contributed by atoms with Gasteiger partial charge in [-0.05, 0) is 43.9 Å². The van der Waals surface area contributed by atoms with E-state index in [4.69, 9.17) is 9.40 Å². The molecule has 3 aromatic heterocycles. The number of aromatic nitrogens is 5. The summed E-state index contributed by atoms with van der Waals surface area (Å²) < 4.78 is 5.88. The van der Waals surface area contributed by atoms with Crippen molar-refractivity contribution in [1.29, 1.82) is 0 Å². The van der Waals surface area contributed by atoms with Crippen LogP contribution in [0.25, 0.3) is 33.6 Å². The van der Waals surface area contributed by atoms with Crippen molar-refractivity contribution < 1.29 is 4.42 Å². The lowest BCUT2D eigenvalue weighted by molar-refractivity contribution is 0.508. The fourth-order valence-corrected chi connectivity index (χ4v) is 3.54. The summed E-state index contributed by atoms with van der Waals surface area (Å²) in [5.41, 5.74) is 5.21. The van der Waals surface area contributed by atoms with Gasteiger partial charge in [0.2, 0.25) is 11.8 Å². The van der Waals surface area contributed by atoms with Gasteiger partial charge >= 0.3 is 0 Å². The molecule has 0 amide bonds. The number of benzene rings is 1. The summed E-state index contributed by atoms with van der Waals surface area (Å²) in [7, 11) is 0. The molecule has 0 bridgehead atoms. The normalized spacial score (nSPS) is 18.1. The molecule has 0 spiro atoms. The standard InChI is InChI=1S/C21H19N5O/c1-21(6-7-21)18-11-22-10-17(24-18)15-9-23-16-5-4-13(8-14(15)16)20-26-25-19(27-20)12-2-3-12/h4-5,8-12,23H,2-3,6-7H2,1H3. The summed E-state index contributed by atoms with van der Waals surface area (Å²) in [6.07, 6.45) is 10.4. The van der Waals surface area contributed by atoms with Gasteiger partial charge in [-0.2, -0.15) is 0 Å². The molecule has 2 aliphatic rings. The minimum absolute atomic E-state index is 0.198. The summed E-state index contributed by atoms with van der Waals surface area (Å²) in [6.45, 7) is 2.25. The van der Waals surface area contributed by atoms with Crippen LogP contribution < -0.4 is 0 Å². The van der Waals surface area contributed by atoms with Gasteiger partial charge in [0.25, 0.3) is 0 Å². The maximum absolute atomic E-state index is 5.88. The van der Waals surface area contributed by atoms with E-state index in [1.807, 2.05) is 24.7 Å². The molecule has 3 heterocycles. The van der Waals surface area contributed by atoms with Crippen LogP contribution in [0.15, 0.2) is 41.2 Å². The van der Waals surface area contributed by atoms with E-state index in [9.17, 15) is 0 Å². The molecule has 6 nitrogen and oxygen atoms in total. The minimum atomic E-state index is 0.198. The summed E-state index contributed by atoms with van der Waals surface area (Å²) in [6, 6.07) is 6.16. The number of fused-ring (bicyclic) bond motifs is 1. The molecule has 2 saturated carbocycles. The molecule has 0 radical (unpaired) electrons. The number of hydrogen-bond acceptors (Lipinski definition) is 5. The molecular formula is C21H19N5O. The SMILES string of the molecule is CC1(c2cncc(-c3c[nH]c4ccc(-c5nnc(C6CC6)o5)cc34)n2)CC1. The Bertz CT molecular complexity index is 1170. The monoisotopic (exact) mass is 357 g/mol. The van der Waals surface area contributed by atoms with Gasteiger partial charge in [0.15, 0.2) is 0 Å². The van der Waals surface area contributed by atoms with E-state index in [1.165, 1.54) is 12.8 Å². The highest BCUT2D eigenvalue weighted by atomic mass is 16.4. The van der Waals surface area contributed by atoms with Gasteiger partial charge in [0.1, 0.15) is 0 Å². The van der Waals surface area contributed by atoms with Crippen LogP contribution >= 0.6 is 0 Å². The molecule has 2 aliphatic carbocycles. The Morgan fingerprint density at radius 3 is 2.85 bits per heavy atom. The van der Waals surface area contributed by atoms with Crippen molar-refractivity contribution in [2.75, 3.05) is 0 Å². The third-order valence-electron chi connectivity index (χ3n) is 5.82. The summed E-state index contributed by atoms with van der Waals surface area (Å²) in [5, 5.41) is 9.53. The van der Waals surface area contributed by atoms with Gasteiger partial charge in [-0.25, -0.2) is 4.98 Å². The Morgan fingerprint density at radius 2 is 2.04 bits per heavy atom. The first-order chi connectivity index (χ1) is 13.2. The number of rotatable bonds is 4. The highest BCUT2D eigenvalue weighted by Crippen LogP contribution is 2.47. The maximum Gasteiger partial charge on any atom is 0.247 e. The molecule has 2 fully saturated rings. The Kier molecular flexibility index (Phi) is 2.93. The molecule has 4 aromatic rings. The number of nitrogens with one attached hydrogen (secondary N) is 1. The van der Waals surface area contributed by atoms with E-state index < -0.39 is 0 Å². The van der Waals surface area contributed by atoms with E-state index in [1.54, 1.807) is 0 Å². The fourth-order valence-electron chi connectivity index (χ4n) is 3.54. The Morgan fingerprint density at radius 1 is 1.15 bits per heavy atom. The fraction of sp³-hybridized carbons (Fsp3) is 0.333. The van der Waals surface area contributed by atoms with E-state index in [-0.39, 0.29) is 5.41 Å². The first-order valence-corrected chi connectivity index (χ1v) is 9.47. The van der Waals surface area contributed by atoms with Crippen LogP contribution in [0.5, 0.6) is 0 Å². The van der Waals surface area contributed by atoms with E-state index >= 15 is 0 Å². The third-order valence-corrected chi connectivity index (χ3v) is 5.82. The molecule has 0 saturated heterocycles. The lowest BCUT2D eigenvalue weighted by atomic mass is 10.0. The smallest absolute Gasteiger partial charge is 0.247 e. The van der Waals surface area contributed by atoms with Crippen LogP contribution in [0.2, 0.25) is 0 Å². The van der Waals surface area contributed by atoms with Crippen molar-refractivity contribution in [3.63, 3.8) is 0 Å². The molecule has 6 rings (SSSR count). The highest BCUT2D eigenvalue weighted by Gasteiger charge is 2.41. The minimum Gasteiger partial charge on any atom is -0.420 e. The Labute approximate surface area is 156 Å². The maximum atomic E-state index is 5.88. The van der Waals surface area contributed by atoms with Crippen molar-refractivity contribution in [1.82, 2.24) is 25.1 Å². The number of nitrogens with zero attached hydrogens (tertiary/aromatic N) is 4. The van der Waals surface area contributed by atoms with Crippen molar-refractivity contribution in [3.8, 4) is 22.7 Å². The zero-order chi connectivity index (χ0) is 18.0. The second-order valence-electron chi connectivity index (χ2n) is 8.03.